The highest BCUT2D eigenvalue weighted by Crippen LogP contribution is 2.65. The minimum Gasteiger partial charge on any atom is -0.389 e. The molecule has 1 heterocycles. The first-order valence-electron chi connectivity index (χ1n) is 10.2. The van der Waals surface area contributed by atoms with E-state index in [1.54, 1.807) is 11.3 Å². The van der Waals surface area contributed by atoms with Crippen molar-refractivity contribution in [2.45, 2.75) is 65.2 Å². The van der Waals surface area contributed by atoms with E-state index in [0.717, 1.165) is 49.5 Å². The second kappa shape index (κ2) is 5.35. The first kappa shape index (κ1) is 16.8. The number of thiophene rings is 1. The van der Waals surface area contributed by atoms with E-state index >= 15 is 0 Å². The molecule has 3 fully saturated rings. The molecular weight excluding hydrogens is 340 g/mol. The van der Waals surface area contributed by atoms with Crippen LogP contribution in [0, 0.1) is 45.8 Å². The number of hydrogen-bond donors (Lipinski definition) is 1. The summed E-state index contributed by atoms with van der Waals surface area (Å²) >= 11 is 1.66. The normalized spacial score (nSPS) is 43.8. The van der Waals surface area contributed by atoms with Crippen molar-refractivity contribution in [3.05, 3.63) is 16.0 Å². The fraction of sp³-hybridized carbons (Fsp3) is 0.727. The van der Waals surface area contributed by atoms with E-state index in [2.05, 4.69) is 19.9 Å². The molecule has 0 bridgehead atoms. The molecular formula is C22H28N2OS. The Bertz CT molecular complexity index is 836. The zero-order chi connectivity index (χ0) is 18.3. The molecule has 0 unspecified atom stereocenters. The van der Waals surface area contributed by atoms with Crippen LogP contribution < -0.4 is 5.73 Å². The Balaban J connectivity index is 1.52. The van der Waals surface area contributed by atoms with E-state index < -0.39 is 0 Å². The predicted octanol–water partition coefficient (Wildman–Crippen LogP) is 4.73. The van der Waals surface area contributed by atoms with E-state index in [-0.39, 0.29) is 5.41 Å². The second-order valence-electron chi connectivity index (χ2n) is 9.81. The average molecular weight is 369 g/mol. The summed E-state index contributed by atoms with van der Waals surface area (Å²) in [4.78, 5) is 13.9. The molecule has 0 spiro atoms. The lowest BCUT2D eigenvalue weighted by molar-refractivity contribution is -0.136. The molecule has 6 atom stereocenters. The average Bonchev–Trinajstić information content (AvgIpc) is 3.07. The first-order chi connectivity index (χ1) is 12.4. The van der Waals surface area contributed by atoms with Crippen LogP contribution >= 0.6 is 11.3 Å². The Kier molecular flexibility index (Phi) is 3.46. The third kappa shape index (κ3) is 1.96. The van der Waals surface area contributed by atoms with Gasteiger partial charge in [-0.25, -0.2) is 0 Å². The quantitative estimate of drug-likeness (QED) is 0.720. The summed E-state index contributed by atoms with van der Waals surface area (Å²) in [6.07, 6.45) is 8.86. The van der Waals surface area contributed by atoms with Crippen molar-refractivity contribution in [2.24, 2.45) is 34.5 Å². The van der Waals surface area contributed by atoms with E-state index in [0.29, 0.717) is 28.0 Å². The molecule has 0 amide bonds. The molecule has 0 radical (unpaired) electrons. The number of anilines is 1. The highest BCUT2D eigenvalue weighted by Gasteiger charge is 2.60. The fourth-order valence-corrected chi connectivity index (χ4v) is 8.75. The molecule has 0 saturated heterocycles. The Labute approximate surface area is 160 Å². The highest BCUT2D eigenvalue weighted by molar-refractivity contribution is 7.16. The SMILES string of the molecule is C[C@]12Cc3sc(N)c(C#N)c3C[C@@H]1CC[C@@H]1[C@H]3CCC(=O)[C@@]3(C)CC[C@@H]12. The van der Waals surface area contributed by atoms with Crippen LogP contribution in [0.5, 0.6) is 0 Å². The number of nitriles is 1. The summed E-state index contributed by atoms with van der Waals surface area (Å²) in [7, 11) is 0. The number of rotatable bonds is 0. The predicted molar refractivity (Wildman–Crippen MR) is 104 cm³/mol. The van der Waals surface area contributed by atoms with Crippen LogP contribution in [0.2, 0.25) is 0 Å². The van der Waals surface area contributed by atoms with Crippen LogP contribution in [0.3, 0.4) is 0 Å². The van der Waals surface area contributed by atoms with Crippen molar-refractivity contribution in [2.75, 3.05) is 5.73 Å². The Morgan fingerprint density at radius 1 is 1.19 bits per heavy atom. The monoisotopic (exact) mass is 368 g/mol. The van der Waals surface area contributed by atoms with Gasteiger partial charge in [0.25, 0.3) is 0 Å². The van der Waals surface area contributed by atoms with Gasteiger partial charge >= 0.3 is 0 Å². The molecule has 2 N–H and O–H groups in total. The van der Waals surface area contributed by atoms with Crippen LogP contribution in [0.15, 0.2) is 0 Å². The maximum atomic E-state index is 12.6. The zero-order valence-electron chi connectivity index (χ0n) is 15.8. The number of nitrogens with two attached hydrogens (primary N) is 1. The summed E-state index contributed by atoms with van der Waals surface area (Å²) in [5.74, 6) is 3.25. The number of fused-ring (bicyclic) bond motifs is 6. The summed E-state index contributed by atoms with van der Waals surface area (Å²) in [5, 5.41) is 10.2. The maximum absolute atomic E-state index is 12.6. The summed E-state index contributed by atoms with van der Waals surface area (Å²) < 4.78 is 0. The van der Waals surface area contributed by atoms with Gasteiger partial charge < -0.3 is 5.73 Å². The van der Waals surface area contributed by atoms with Gasteiger partial charge in [-0.1, -0.05) is 13.8 Å². The van der Waals surface area contributed by atoms with Crippen molar-refractivity contribution in [3.8, 4) is 6.07 Å². The third-order valence-electron chi connectivity index (χ3n) is 9.00. The van der Waals surface area contributed by atoms with Gasteiger partial charge in [0, 0.05) is 16.7 Å². The van der Waals surface area contributed by atoms with Gasteiger partial charge in [0.05, 0.1) is 5.56 Å². The lowest BCUT2D eigenvalue weighted by Crippen LogP contribution is -2.54. The fourth-order valence-electron chi connectivity index (χ4n) is 7.52. The highest BCUT2D eigenvalue weighted by atomic mass is 32.1. The van der Waals surface area contributed by atoms with Crippen molar-refractivity contribution in [1.29, 1.82) is 5.26 Å². The third-order valence-corrected chi connectivity index (χ3v) is 10.1. The summed E-state index contributed by atoms with van der Waals surface area (Å²) in [6.45, 7) is 4.77. The molecule has 3 saturated carbocycles. The number of carbonyl (C=O) groups is 1. The van der Waals surface area contributed by atoms with Crippen molar-refractivity contribution >= 4 is 22.1 Å². The number of nitrogens with zero attached hydrogens (tertiary/aromatic N) is 1. The lowest BCUT2D eigenvalue weighted by atomic mass is 9.45. The molecule has 0 aromatic carbocycles. The van der Waals surface area contributed by atoms with Crippen LogP contribution in [-0.2, 0) is 17.6 Å². The number of carbonyl (C=O) groups excluding carboxylic acids is 1. The van der Waals surface area contributed by atoms with Crippen LogP contribution in [0.4, 0.5) is 5.00 Å². The van der Waals surface area contributed by atoms with Crippen LogP contribution in [0.1, 0.15) is 68.4 Å². The van der Waals surface area contributed by atoms with Crippen molar-refractivity contribution in [1.82, 2.24) is 0 Å². The molecule has 138 valence electrons. The van der Waals surface area contributed by atoms with Gasteiger partial charge in [0.15, 0.2) is 0 Å². The molecule has 26 heavy (non-hydrogen) atoms. The summed E-state index contributed by atoms with van der Waals surface area (Å²) in [5.41, 5.74) is 8.45. The first-order valence-corrected chi connectivity index (χ1v) is 11.0. The summed E-state index contributed by atoms with van der Waals surface area (Å²) in [6, 6.07) is 2.36. The van der Waals surface area contributed by atoms with Crippen molar-refractivity contribution < 1.29 is 4.79 Å². The Hall–Kier alpha value is -1.34. The lowest BCUT2D eigenvalue weighted by Gasteiger charge is -2.59. The minimum absolute atomic E-state index is 0.0362. The molecule has 4 aliphatic rings. The Morgan fingerprint density at radius 3 is 2.77 bits per heavy atom. The molecule has 4 heteroatoms. The van der Waals surface area contributed by atoms with Gasteiger partial charge in [0.2, 0.25) is 0 Å². The second-order valence-corrected chi connectivity index (χ2v) is 10.9. The van der Waals surface area contributed by atoms with Gasteiger partial charge in [0.1, 0.15) is 16.9 Å². The zero-order valence-corrected chi connectivity index (χ0v) is 16.6. The number of hydrogen-bond acceptors (Lipinski definition) is 4. The van der Waals surface area contributed by atoms with Crippen LogP contribution in [0.25, 0.3) is 0 Å². The van der Waals surface area contributed by atoms with Crippen molar-refractivity contribution in [3.63, 3.8) is 0 Å². The largest absolute Gasteiger partial charge is 0.389 e. The molecule has 4 aliphatic carbocycles. The molecule has 3 nitrogen and oxygen atoms in total. The van der Waals surface area contributed by atoms with Gasteiger partial charge in [-0.15, -0.1) is 11.3 Å². The molecule has 1 aromatic heterocycles. The maximum Gasteiger partial charge on any atom is 0.139 e. The molecule has 1 aromatic rings. The van der Waals surface area contributed by atoms with Gasteiger partial charge in [-0.2, -0.15) is 5.26 Å². The van der Waals surface area contributed by atoms with Gasteiger partial charge in [-0.05, 0) is 79.6 Å². The van der Waals surface area contributed by atoms with Gasteiger partial charge in [-0.3, -0.25) is 4.79 Å². The smallest absolute Gasteiger partial charge is 0.139 e. The standard InChI is InChI=1S/C22H28N2OS/c1-21-8-7-17-13(16(21)5-6-19(21)25)4-3-12-9-14-15(11-23)20(24)26-18(14)10-22(12,17)2/h12-13,16-17H,3-10,24H2,1-2H3/t12-,13+,16+,17-,21-,22-/m0/s1. The molecule has 5 rings (SSSR count). The Morgan fingerprint density at radius 2 is 2.00 bits per heavy atom. The number of ketones is 1. The van der Waals surface area contributed by atoms with E-state index in [1.807, 2.05) is 0 Å². The minimum atomic E-state index is -0.0362. The van der Waals surface area contributed by atoms with E-state index in [4.69, 9.17) is 5.73 Å². The van der Waals surface area contributed by atoms with E-state index in [1.165, 1.54) is 29.7 Å². The topological polar surface area (TPSA) is 66.9 Å². The van der Waals surface area contributed by atoms with Crippen LogP contribution in [-0.4, -0.2) is 5.78 Å². The number of Topliss-reactive ketones (excluding diaryl/α,β-unsaturated/α-hetero) is 1. The molecule has 0 aliphatic heterocycles. The van der Waals surface area contributed by atoms with E-state index in [9.17, 15) is 10.1 Å². The number of nitrogen functional groups attached to an aromatic ring is 1.